The molecule has 0 bridgehead atoms. The van der Waals surface area contributed by atoms with Crippen LogP contribution < -0.4 is 5.32 Å². The molecule has 0 spiro atoms. The van der Waals surface area contributed by atoms with E-state index in [1.807, 2.05) is 18.3 Å². The highest BCUT2D eigenvalue weighted by Gasteiger charge is 2.09. The van der Waals surface area contributed by atoms with Crippen molar-refractivity contribution in [2.45, 2.75) is 13.0 Å². The summed E-state index contributed by atoms with van der Waals surface area (Å²) in [6.07, 6.45) is 3.49. The Labute approximate surface area is 105 Å². The highest BCUT2D eigenvalue weighted by atomic mass is 16.3. The summed E-state index contributed by atoms with van der Waals surface area (Å²) in [7, 11) is 0. The van der Waals surface area contributed by atoms with Crippen molar-refractivity contribution < 1.29 is 9.90 Å². The maximum atomic E-state index is 11.9. The monoisotopic (exact) mass is 245 g/mol. The van der Waals surface area contributed by atoms with Crippen LogP contribution in [0.3, 0.4) is 0 Å². The number of nitrogens with one attached hydrogen (secondary N) is 1. The van der Waals surface area contributed by atoms with Crippen LogP contribution in [-0.4, -0.2) is 33.4 Å². The molecule has 5 heteroatoms. The molecule has 5 nitrogen and oxygen atoms in total. The fraction of sp³-hybridized carbons (Fsp3) is 0.231. The number of nitrogens with zero attached hydrogens (tertiary/aromatic N) is 2. The molecule has 2 rings (SSSR count). The van der Waals surface area contributed by atoms with E-state index in [1.165, 1.54) is 0 Å². The minimum atomic E-state index is -0.258. The topological polar surface area (TPSA) is 67.2 Å². The number of hydrogen-bond donors (Lipinski definition) is 2. The summed E-state index contributed by atoms with van der Waals surface area (Å²) in [5, 5.41) is 15.7. The van der Waals surface area contributed by atoms with Crippen LogP contribution in [0.5, 0.6) is 0 Å². The summed E-state index contributed by atoms with van der Waals surface area (Å²) in [4.78, 5) is 11.9. The van der Waals surface area contributed by atoms with Crippen LogP contribution in [0.2, 0.25) is 0 Å². The van der Waals surface area contributed by atoms with Crippen molar-refractivity contribution in [3.05, 3.63) is 48.3 Å². The van der Waals surface area contributed by atoms with Gasteiger partial charge in [0.1, 0.15) is 0 Å². The second-order valence-electron chi connectivity index (χ2n) is 4.06. The molecule has 1 amide bonds. The number of carbonyl (C=O) groups excluding carboxylic acids is 1. The fourth-order valence-electron chi connectivity index (χ4n) is 1.56. The highest BCUT2D eigenvalue weighted by molar-refractivity contribution is 5.94. The number of aliphatic hydroxyl groups is 1. The zero-order chi connectivity index (χ0) is 13.0. The lowest BCUT2D eigenvalue weighted by atomic mass is 10.2. The van der Waals surface area contributed by atoms with Crippen molar-refractivity contribution in [3.8, 4) is 5.69 Å². The smallest absolute Gasteiger partial charge is 0.251 e. The number of hydrogen-bond acceptors (Lipinski definition) is 3. The first-order chi connectivity index (χ1) is 8.70. The molecular formula is C13H15N3O2. The van der Waals surface area contributed by atoms with Gasteiger partial charge in [-0.1, -0.05) is 6.07 Å². The molecule has 94 valence electrons. The molecule has 0 fully saturated rings. The largest absolute Gasteiger partial charge is 0.394 e. The first-order valence-electron chi connectivity index (χ1n) is 5.72. The van der Waals surface area contributed by atoms with Crippen molar-refractivity contribution in [2.75, 3.05) is 6.61 Å². The number of benzene rings is 1. The lowest BCUT2D eigenvalue weighted by Gasteiger charge is -2.11. The Morgan fingerprint density at radius 3 is 3.00 bits per heavy atom. The number of amides is 1. The first-order valence-corrected chi connectivity index (χ1v) is 5.72. The van der Waals surface area contributed by atoms with Crippen LogP contribution in [0.1, 0.15) is 17.3 Å². The zero-order valence-electron chi connectivity index (χ0n) is 10.1. The number of aliphatic hydroxyl groups excluding tert-OH is 1. The molecule has 0 saturated heterocycles. The van der Waals surface area contributed by atoms with Gasteiger partial charge in [-0.05, 0) is 31.2 Å². The van der Waals surface area contributed by atoms with Crippen LogP contribution in [0.4, 0.5) is 0 Å². The van der Waals surface area contributed by atoms with E-state index in [2.05, 4.69) is 10.4 Å². The fourth-order valence-corrected chi connectivity index (χ4v) is 1.56. The number of carbonyl (C=O) groups is 1. The summed E-state index contributed by atoms with van der Waals surface area (Å²) in [6, 6.07) is 8.72. The van der Waals surface area contributed by atoms with Gasteiger partial charge in [0.05, 0.1) is 12.3 Å². The second kappa shape index (κ2) is 5.46. The van der Waals surface area contributed by atoms with Gasteiger partial charge in [-0.2, -0.15) is 5.10 Å². The summed E-state index contributed by atoms with van der Waals surface area (Å²) >= 11 is 0. The lowest BCUT2D eigenvalue weighted by molar-refractivity contribution is 0.0922. The Bertz CT molecular complexity index is 523. The van der Waals surface area contributed by atoms with Crippen LogP contribution in [0.15, 0.2) is 42.7 Å². The minimum absolute atomic E-state index is 0.0788. The molecule has 1 atom stereocenters. The molecule has 2 N–H and O–H groups in total. The third-order valence-electron chi connectivity index (χ3n) is 2.53. The van der Waals surface area contributed by atoms with Crippen molar-refractivity contribution in [2.24, 2.45) is 0 Å². The Balaban J connectivity index is 2.20. The van der Waals surface area contributed by atoms with Gasteiger partial charge in [0.15, 0.2) is 0 Å². The van der Waals surface area contributed by atoms with E-state index in [1.54, 1.807) is 36.0 Å². The molecule has 1 aromatic carbocycles. The van der Waals surface area contributed by atoms with Crippen molar-refractivity contribution in [1.29, 1.82) is 0 Å². The molecular weight excluding hydrogens is 230 g/mol. The van der Waals surface area contributed by atoms with E-state index < -0.39 is 0 Å². The molecule has 1 heterocycles. The van der Waals surface area contributed by atoms with Gasteiger partial charge in [0.25, 0.3) is 5.91 Å². The van der Waals surface area contributed by atoms with Crippen LogP contribution in [-0.2, 0) is 0 Å². The van der Waals surface area contributed by atoms with E-state index >= 15 is 0 Å². The van der Waals surface area contributed by atoms with Crippen molar-refractivity contribution >= 4 is 5.91 Å². The van der Waals surface area contributed by atoms with Gasteiger partial charge in [0, 0.05) is 24.0 Å². The summed E-state index contributed by atoms with van der Waals surface area (Å²) in [6.45, 7) is 1.67. The van der Waals surface area contributed by atoms with E-state index in [0.29, 0.717) is 5.56 Å². The third kappa shape index (κ3) is 2.75. The second-order valence-corrected chi connectivity index (χ2v) is 4.06. The van der Waals surface area contributed by atoms with Gasteiger partial charge in [0.2, 0.25) is 0 Å². The molecule has 0 saturated carbocycles. The SMILES string of the molecule is CC(CO)NC(=O)c1cccc(-n2cccn2)c1. The summed E-state index contributed by atoms with van der Waals surface area (Å²) in [5.74, 6) is -0.203. The average Bonchev–Trinajstić information content (AvgIpc) is 2.92. The summed E-state index contributed by atoms with van der Waals surface area (Å²) in [5.41, 5.74) is 1.37. The molecule has 18 heavy (non-hydrogen) atoms. The summed E-state index contributed by atoms with van der Waals surface area (Å²) < 4.78 is 1.69. The van der Waals surface area contributed by atoms with Crippen molar-refractivity contribution in [3.63, 3.8) is 0 Å². The Morgan fingerprint density at radius 1 is 1.50 bits per heavy atom. The normalized spacial score (nSPS) is 12.1. The van der Waals surface area contributed by atoms with E-state index in [9.17, 15) is 4.79 Å². The predicted octanol–water partition coefficient (Wildman–Crippen LogP) is 0.983. The quantitative estimate of drug-likeness (QED) is 0.844. The van der Waals surface area contributed by atoms with E-state index in [-0.39, 0.29) is 18.6 Å². The lowest BCUT2D eigenvalue weighted by Crippen LogP contribution is -2.35. The third-order valence-corrected chi connectivity index (χ3v) is 2.53. The highest BCUT2D eigenvalue weighted by Crippen LogP contribution is 2.09. The molecule has 1 aromatic heterocycles. The van der Waals surface area contributed by atoms with Gasteiger partial charge >= 0.3 is 0 Å². The maximum Gasteiger partial charge on any atom is 0.251 e. The van der Waals surface area contributed by atoms with Gasteiger partial charge in [-0.15, -0.1) is 0 Å². The molecule has 2 aromatic rings. The number of aromatic nitrogens is 2. The van der Waals surface area contributed by atoms with Gasteiger partial charge < -0.3 is 10.4 Å². The first kappa shape index (κ1) is 12.3. The van der Waals surface area contributed by atoms with E-state index in [4.69, 9.17) is 5.11 Å². The molecule has 1 unspecified atom stereocenters. The van der Waals surface area contributed by atoms with Crippen LogP contribution in [0, 0.1) is 0 Å². The zero-order valence-corrected chi connectivity index (χ0v) is 10.1. The Kier molecular flexibility index (Phi) is 3.74. The maximum absolute atomic E-state index is 11.9. The van der Waals surface area contributed by atoms with Crippen LogP contribution >= 0.6 is 0 Å². The average molecular weight is 245 g/mol. The van der Waals surface area contributed by atoms with E-state index in [0.717, 1.165) is 5.69 Å². The Morgan fingerprint density at radius 2 is 2.33 bits per heavy atom. The molecule has 0 aliphatic carbocycles. The minimum Gasteiger partial charge on any atom is -0.394 e. The predicted molar refractivity (Wildman–Crippen MR) is 67.6 cm³/mol. The number of rotatable bonds is 4. The van der Waals surface area contributed by atoms with Gasteiger partial charge in [-0.3, -0.25) is 4.79 Å². The standard InChI is InChI=1S/C13H15N3O2/c1-10(9-17)15-13(18)11-4-2-5-12(8-11)16-7-3-6-14-16/h2-8,10,17H,9H2,1H3,(H,15,18). The van der Waals surface area contributed by atoms with Gasteiger partial charge in [-0.25, -0.2) is 4.68 Å². The molecule has 0 radical (unpaired) electrons. The van der Waals surface area contributed by atoms with Crippen molar-refractivity contribution in [1.82, 2.24) is 15.1 Å². The molecule has 0 aliphatic rings. The Hall–Kier alpha value is -2.14. The molecule has 0 aliphatic heterocycles. The van der Waals surface area contributed by atoms with Crippen LogP contribution in [0.25, 0.3) is 5.69 Å².